The summed E-state index contributed by atoms with van der Waals surface area (Å²) in [5.74, 6) is -0.119. The highest BCUT2D eigenvalue weighted by atomic mass is 32.1. The van der Waals surface area contributed by atoms with Gasteiger partial charge in [-0.05, 0) is 25.0 Å². The Bertz CT molecular complexity index is 1060. The quantitative estimate of drug-likeness (QED) is 0.457. The maximum Gasteiger partial charge on any atom is 0.270 e. The number of imidazole rings is 1. The predicted molar refractivity (Wildman–Crippen MR) is 113 cm³/mol. The van der Waals surface area contributed by atoms with Gasteiger partial charge in [-0.2, -0.15) is 0 Å². The molecular formula is C21H23N5OS. The van der Waals surface area contributed by atoms with E-state index in [2.05, 4.69) is 51.0 Å². The number of rotatable bonds is 8. The molecule has 1 aromatic carbocycles. The zero-order valence-corrected chi connectivity index (χ0v) is 16.7. The Morgan fingerprint density at radius 1 is 1.25 bits per heavy atom. The van der Waals surface area contributed by atoms with Gasteiger partial charge in [0.2, 0.25) is 0 Å². The summed E-state index contributed by atoms with van der Waals surface area (Å²) in [7, 11) is 0. The maximum atomic E-state index is 12.4. The van der Waals surface area contributed by atoms with Crippen molar-refractivity contribution in [3.8, 4) is 10.7 Å². The van der Waals surface area contributed by atoms with Gasteiger partial charge in [-0.25, -0.2) is 9.97 Å². The summed E-state index contributed by atoms with van der Waals surface area (Å²) in [5.41, 5.74) is 2.77. The molecule has 0 saturated carbocycles. The van der Waals surface area contributed by atoms with Gasteiger partial charge in [-0.15, -0.1) is 11.3 Å². The number of para-hydroxylation sites is 1. The van der Waals surface area contributed by atoms with Crippen LogP contribution >= 0.6 is 11.3 Å². The average Bonchev–Trinajstić information content (AvgIpc) is 3.45. The molecule has 0 saturated heterocycles. The van der Waals surface area contributed by atoms with E-state index in [1.165, 1.54) is 22.2 Å². The van der Waals surface area contributed by atoms with Crippen LogP contribution in [0.25, 0.3) is 21.6 Å². The van der Waals surface area contributed by atoms with Crippen molar-refractivity contribution in [3.63, 3.8) is 0 Å². The molecule has 6 nitrogen and oxygen atoms in total. The van der Waals surface area contributed by atoms with Gasteiger partial charge in [-0.1, -0.05) is 25.1 Å². The highest BCUT2D eigenvalue weighted by Gasteiger charge is 2.16. The summed E-state index contributed by atoms with van der Waals surface area (Å²) in [6, 6.07) is 10.5. The molecule has 144 valence electrons. The smallest absolute Gasteiger partial charge is 0.270 e. The van der Waals surface area contributed by atoms with E-state index in [4.69, 9.17) is 0 Å². The molecule has 3 aromatic heterocycles. The molecule has 4 rings (SSSR count). The van der Waals surface area contributed by atoms with E-state index in [-0.39, 0.29) is 5.91 Å². The lowest BCUT2D eigenvalue weighted by atomic mass is 10.2. The summed E-state index contributed by atoms with van der Waals surface area (Å²) in [6.45, 7) is 4.54. The first-order valence-corrected chi connectivity index (χ1v) is 10.4. The Hall–Kier alpha value is -2.93. The average molecular weight is 394 g/mol. The van der Waals surface area contributed by atoms with Gasteiger partial charge in [0, 0.05) is 48.3 Å². The Morgan fingerprint density at radius 3 is 2.96 bits per heavy atom. The van der Waals surface area contributed by atoms with E-state index in [1.54, 1.807) is 12.5 Å². The molecule has 0 atom stereocenters. The number of hydrogen-bond donors (Lipinski definition) is 1. The van der Waals surface area contributed by atoms with Gasteiger partial charge >= 0.3 is 0 Å². The van der Waals surface area contributed by atoms with Crippen LogP contribution in [0.1, 0.15) is 30.3 Å². The van der Waals surface area contributed by atoms with Crippen LogP contribution in [0.4, 0.5) is 0 Å². The fourth-order valence-electron chi connectivity index (χ4n) is 3.32. The SMILES string of the molecule is CCCn1c(-c2nc(C(=O)NCCCn3ccnc3)cs2)cc2ccccc21. The molecular weight excluding hydrogens is 370 g/mol. The number of amides is 1. The first kappa shape index (κ1) is 18.4. The fraction of sp³-hybridized carbons (Fsp3) is 0.286. The van der Waals surface area contributed by atoms with Crippen molar-refractivity contribution in [1.29, 1.82) is 0 Å². The number of hydrogen-bond acceptors (Lipinski definition) is 4. The van der Waals surface area contributed by atoms with Crippen molar-refractivity contribution < 1.29 is 4.79 Å². The van der Waals surface area contributed by atoms with Crippen LogP contribution in [0, 0.1) is 0 Å². The minimum atomic E-state index is -0.119. The highest BCUT2D eigenvalue weighted by Crippen LogP contribution is 2.30. The first-order chi connectivity index (χ1) is 13.8. The minimum absolute atomic E-state index is 0.119. The third-order valence-corrected chi connectivity index (χ3v) is 5.52. The monoisotopic (exact) mass is 393 g/mol. The summed E-state index contributed by atoms with van der Waals surface area (Å²) >= 11 is 1.52. The van der Waals surface area contributed by atoms with E-state index >= 15 is 0 Å². The molecule has 0 aliphatic heterocycles. The topological polar surface area (TPSA) is 64.7 Å². The minimum Gasteiger partial charge on any atom is -0.351 e. The molecule has 28 heavy (non-hydrogen) atoms. The molecule has 0 bridgehead atoms. The van der Waals surface area contributed by atoms with Crippen molar-refractivity contribution in [1.82, 2.24) is 24.4 Å². The number of thiazole rings is 1. The third kappa shape index (κ3) is 3.84. The van der Waals surface area contributed by atoms with Crippen molar-refractivity contribution >= 4 is 28.1 Å². The molecule has 1 amide bonds. The predicted octanol–water partition coefficient (Wildman–Crippen LogP) is 4.19. The number of nitrogens with one attached hydrogen (secondary N) is 1. The van der Waals surface area contributed by atoms with Crippen molar-refractivity contribution in [2.24, 2.45) is 0 Å². The van der Waals surface area contributed by atoms with E-state index in [0.717, 1.165) is 36.6 Å². The number of nitrogens with zero attached hydrogens (tertiary/aromatic N) is 4. The largest absolute Gasteiger partial charge is 0.351 e. The van der Waals surface area contributed by atoms with Gasteiger partial charge in [0.05, 0.1) is 12.0 Å². The molecule has 3 heterocycles. The van der Waals surface area contributed by atoms with Gasteiger partial charge in [0.25, 0.3) is 5.91 Å². The Kier molecular flexibility index (Phi) is 5.53. The number of benzene rings is 1. The molecule has 0 radical (unpaired) electrons. The molecule has 0 fully saturated rings. The van der Waals surface area contributed by atoms with Crippen LogP contribution in [-0.2, 0) is 13.1 Å². The van der Waals surface area contributed by atoms with Crippen molar-refractivity contribution in [3.05, 3.63) is 60.1 Å². The first-order valence-electron chi connectivity index (χ1n) is 9.54. The Morgan fingerprint density at radius 2 is 2.14 bits per heavy atom. The van der Waals surface area contributed by atoms with Gasteiger partial charge in [0.15, 0.2) is 0 Å². The van der Waals surface area contributed by atoms with E-state index < -0.39 is 0 Å². The number of carbonyl (C=O) groups is 1. The summed E-state index contributed by atoms with van der Waals surface area (Å²) < 4.78 is 4.29. The summed E-state index contributed by atoms with van der Waals surface area (Å²) in [4.78, 5) is 21.1. The van der Waals surface area contributed by atoms with Crippen LogP contribution in [-0.4, -0.2) is 31.6 Å². The van der Waals surface area contributed by atoms with Crippen LogP contribution in [0.2, 0.25) is 0 Å². The van der Waals surface area contributed by atoms with Crippen molar-refractivity contribution in [2.75, 3.05) is 6.54 Å². The third-order valence-electron chi connectivity index (χ3n) is 4.65. The Labute approximate surface area is 167 Å². The fourth-order valence-corrected chi connectivity index (χ4v) is 4.14. The number of aromatic nitrogens is 4. The van der Waals surface area contributed by atoms with Gasteiger partial charge in [-0.3, -0.25) is 4.79 Å². The molecule has 7 heteroatoms. The normalized spacial score (nSPS) is 11.2. The number of carbonyl (C=O) groups excluding carboxylic acids is 1. The molecule has 0 aliphatic carbocycles. The Balaban J connectivity index is 1.46. The zero-order chi connectivity index (χ0) is 19.3. The second-order valence-corrected chi connectivity index (χ2v) is 7.55. The van der Waals surface area contributed by atoms with E-state index in [9.17, 15) is 4.79 Å². The molecule has 0 spiro atoms. The van der Waals surface area contributed by atoms with Crippen LogP contribution in [0.15, 0.2) is 54.4 Å². The number of fused-ring (bicyclic) bond motifs is 1. The second-order valence-electron chi connectivity index (χ2n) is 6.69. The van der Waals surface area contributed by atoms with Crippen molar-refractivity contribution in [2.45, 2.75) is 32.9 Å². The van der Waals surface area contributed by atoms with E-state index in [1.807, 2.05) is 22.2 Å². The summed E-state index contributed by atoms with van der Waals surface area (Å²) in [5, 5.41) is 6.88. The molecule has 0 aliphatic rings. The lowest BCUT2D eigenvalue weighted by molar-refractivity contribution is 0.0948. The summed E-state index contributed by atoms with van der Waals surface area (Å²) in [6.07, 6.45) is 7.35. The van der Waals surface area contributed by atoms with Gasteiger partial charge < -0.3 is 14.5 Å². The second kappa shape index (κ2) is 8.39. The van der Waals surface area contributed by atoms with E-state index in [0.29, 0.717) is 12.2 Å². The molecule has 4 aromatic rings. The van der Waals surface area contributed by atoms with Gasteiger partial charge in [0.1, 0.15) is 10.7 Å². The maximum absolute atomic E-state index is 12.4. The molecule has 1 N–H and O–H groups in total. The van der Waals surface area contributed by atoms with Crippen LogP contribution < -0.4 is 5.32 Å². The lowest BCUT2D eigenvalue weighted by Gasteiger charge is -2.07. The van der Waals surface area contributed by atoms with Crippen LogP contribution in [0.3, 0.4) is 0 Å². The zero-order valence-electron chi connectivity index (χ0n) is 15.8. The standard InChI is InChI=1S/C21H23N5OS/c1-2-10-26-18-7-4-3-6-16(18)13-19(26)21-24-17(14-28-21)20(27)23-8-5-11-25-12-9-22-15-25/h3-4,6-7,9,12-15H,2,5,8,10-11H2,1H3,(H,23,27). The number of aryl methyl sites for hydroxylation is 2. The lowest BCUT2D eigenvalue weighted by Crippen LogP contribution is -2.25. The van der Waals surface area contributed by atoms with Crippen LogP contribution in [0.5, 0.6) is 0 Å². The highest BCUT2D eigenvalue weighted by molar-refractivity contribution is 7.13. The molecule has 0 unspecified atom stereocenters.